The Labute approximate surface area is 145 Å². The van der Waals surface area contributed by atoms with Crippen molar-refractivity contribution in [3.05, 3.63) is 18.5 Å². The SMILES string of the molecule is O=C(NCCC(=O)N1CCN(c2ncccn2)CC1)C1CSCN1. The minimum absolute atomic E-state index is 0.0150. The van der Waals surface area contributed by atoms with E-state index in [1.54, 1.807) is 30.2 Å². The molecule has 3 rings (SSSR count). The average Bonchev–Trinajstić information content (AvgIpc) is 3.17. The Hall–Kier alpha value is -1.87. The summed E-state index contributed by atoms with van der Waals surface area (Å²) in [4.78, 5) is 36.5. The summed E-state index contributed by atoms with van der Waals surface area (Å²) in [6.45, 7) is 3.16. The van der Waals surface area contributed by atoms with E-state index >= 15 is 0 Å². The molecule has 0 spiro atoms. The zero-order valence-electron chi connectivity index (χ0n) is 13.5. The summed E-state index contributed by atoms with van der Waals surface area (Å²) in [6, 6.07) is 1.66. The Morgan fingerprint density at radius 2 is 2.00 bits per heavy atom. The minimum Gasteiger partial charge on any atom is -0.354 e. The minimum atomic E-state index is -0.125. The van der Waals surface area contributed by atoms with E-state index in [1.165, 1.54) is 0 Å². The number of anilines is 1. The smallest absolute Gasteiger partial charge is 0.238 e. The molecule has 1 aromatic heterocycles. The Balaban J connectivity index is 1.37. The lowest BCUT2D eigenvalue weighted by Gasteiger charge is -2.34. The van der Waals surface area contributed by atoms with Crippen molar-refractivity contribution in [2.24, 2.45) is 0 Å². The maximum absolute atomic E-state index is 12.2. The molecule has 1 unspecified atom stereocenters. The van der Waals surface area contributed by atoms with Crippen LogP contribution in [0.15, 0.2) is 18.5 Å². The molecule has 9 heteroatoms. The summed E-state index contributed by atoms with van der Waals surface area (Å²) in [7, 11) is 0. The number of hydrogen-bond donors (Lipinski definition) is 2. The predicted molar refractivity (Wildman–Crippen MR) is 92.7 cm³/mol. The molecule has 1 atom stereocenters. The Bertz CT molecular complexity index is 558. The van der Waals surface area contributed by atoms with Crippen molar-refractivity contribution in [1.82, 2.24) is 25.5 Å². The molecule has 0 aliphatic carbocycles. The van der Waals surface area contributed by atoms with E-state index < -0.39 is 0 Å². The molecule has 2 fully saturated rings. The van der Waals surface area contributed by atoms with Crippen molar-refractivity contribution in [3.8, 4) is 0 Å². The third kappa shape index (κ3) is 4.35. The first-order chi connectivity index (χ1) is 11.7. The fourth-order valence-corrected chi connectivity index (χ4v) is 3.69. The number of rotatable bonds is 5. The van der Waals surface area contributed by atoms with E-state index in [-0.39, 0.29) is 17.9 Å². The summed E-state index contributed by atoms with van der Waals surface area (Å²) in [5, 5.41) is 5.95. The number of thioether (sulfide) groups is 1. The Kier molecular flexibility index (Phi) is 5.86. The Morgan fingerprint density at radius 1 is 1.25 bits per heavy atom. The molecule has 2 amide bonds. The van der Waals surface area contributed by atoms with Gasteiger partial charge in [-0.15, -0.1) is 11.8 Å². The van der Waals surface area contributed by atoms with Gasteiger partial charge in [-0.1, -0.05) is 0 Å². The van der Waals surface area contributed by atoms with Gasteiger partial charge < -0.3 is 15.1 Å². The van der Waals surface area contributed by atoms with Crippen LogP contribution in [-0.2, 0) is 9.59 Å². The topological polar surface area (TPSA) is 90.5 Å². The highest BCUT2D eigenvalue weighted by atomic mass is 32.2. The summed E-state index contributed by atoms with van der Waals surface area (Å²) in [5.74, 6) is 2.38. The summed E-state index contributed by atoms with van der Waals surface area (Å²) in [6.07, 6.45) is 3.79. The highest BCUT2D eigenvalue weighted by Gasteiger charge is 2.24. The fraction of sp³-hybridized carbons (Fsp3) is 0.600. The number of amides is 2. The molecule has 0 saturated carbocycles. The maximum Gasteiger partial charge on any atom is 0.238 e. The number of carbonyl (C=O) groups excluding carboxylic acids is 2. The van der Waals surface area contributed by atoms with Gasteiger partial charge in [0.05, 0.1) is 6.04 Å². The predicted octanol–water partition coefficient (Wildman–Crippen LogP) is -0.706. The highest BCUT2D eigenvalue weighted by Crippen LogP contribution is 2.11. The molecular weight excluding hydrogens is 328 g/mol. The van der Waals surface area contributed by atoms with Gasteiger partial charge in [0.25, 0.3) is 0 Å². The van der Waals surface area contributed by atoms with E-state index in [4.69, 9.17) is 0 Å². The van der Waals surface area contributed by atoms with Crippen molar-refractivity contribution < 1.29 is 9.59 Å². The number of nitrogens with zero attached hydrogens (tertiary/aromatic N) is 4. The maximum atomic E-state index is 12.2. The number of aromatic nitrogens is 2. The second-order valence-corrected chi connectivity index (χ2v) is 6.76. The van der Waals surface area contributed by atoms with Gasteiger partial charge in [-0.3, -0.25) is 14.9 Å². The van der Waals surface area contributed by atoms with Gasteiger partial charge in [0.2, 0.25) is 17.8 Å². The number of carbonyl (C=O) groups is 2. The monoisotopic (exact) mass is 350 g/mol. The lowest BCUT2D eigenvalue weighted by molar-refractivity contribution is -0.131. The van der Waals surface area contributed by atoms with E-state index in [0.717, 1.165) is 24.7 Å². The van der Waals surface area contributed by atoms with Crippen LogP contribution >= 0.6 is 11.8 Å². The van der Waals surface area contributed by atoms with Gasteiger partial charge in [-0.25, -0.2) is 9.97 Å². The molecular formula is C15H22N6O2S. The van der Waals surface area contributed by atoms with Crippen LogP contribution in [0.2, 0.25) is 0 Å². The average molecular weight is 350 g/mol. The summed E-state index contributed by atoms with van der Waals surface area (Å²) < 4.78 is 0. The normalized spacial score (nSPS) is 20.9. The molecule has 2 saturated heterocycles. The number of piperazine rings is 1. The molecule has 24 heavy (non-hydrogen) atoms. The summed E-state index contributed by atoms with van der Waals surface area (Å²) in [5.41, 5.74) is 0. The van der Waals surface area contributed by atoms with Crippen LogP contribution in [-0.4, -0.2) is 77.1 Å². The van der Waals surface area contributed by atoms with Crippen molar-refractivity contribution in [2.75, 3.05) is 49.3 Å². The Morgan fingerprint density at radius 3 is 2.67 bits per heavy atom. The van der Waals surface area contributed by atoms with Gasteiger partial charge in [-0.05, 0) is 6.07 Å². The van der Waals surface area contributed by atoms with Crippen LogP contribution in [0.3, 0.4) is 0 Å². The van der Waals surface area contributed by atoms with Gasteiger partial charge in [0, 0.05) is 63.2 Å². The molecule has 2 aliphatic rings. The standard InChI is InChI=1S/C15H22N6O2S/c22-13(2-5-16-14(23)12-10-24-11-19-12)20-6-8-21(9-7-20)15-17-3-1-4-18-15/h1,3-4,12,19H,2,5-11H2,(H,16,23). The quantitative estimate of drug-likeness (QED) is 0.725. The van der Waals surface area contributed by atoms with E-state index in [9.17, 15) is 9.59 Å². The van der Waals surface area contributed by atoms with E-state index in [0.29, 0.717) is 32.0 Å². The molecule has 3 heterocycles. The second-order valence-electron chi connectivity index (χ2n) is 5.73. The van der Waals surface area contributed by atoms with Gasteiger partial charge in [0.15, 0.2) is 0 Å². The van der Waals surface area contributed by atoms with Crippen molar-refractivity contribution in [3.63, 3.8) is 0 Å². The van der Waals surface area contributed by atoms with Crippen LogP contribution in [0.4, 0.5) is 5.95 Å². The van der Waals surface area contributed by atoms with Crippen LogP contribution in [0, 0.1) is 0 Å². The zero-order chi connectivity index (χ0) is 16.8. The number of hydrogen-bond acceptors (Lipinski definition) is 7. The molecule has 2 aliphatic heterocycles. The summed E-state index contributed by atoms with van der Waals surface area (Å²) >= 11 is 1.71. The van der Waals surface area contributed by atoms with Gasteiger partial charge in [0.1, 0.15) is 0 Å². The first-order valence-electron chi connectivity index (χ1n) is 8.12. The van der Waals surface area contributed by atoms with Crippen molar-refractivity contribution in [1.29, 1.82) is 0 Å². The molecule has 0 aromatic carbocycles. The third-order valence-electron chi connectivity index (χ3n) is 4.14. The third-order valence-corrected chi connectivity index (χ3v) is 5.08. The van der Waals surface area contributed by atoms with Crippen molar-refractivity contribution >= 4 is 29.5 Å². The first kappa shape index (κ1) is 17.0. The van der Waals surface area contributed by atoms with Crippen LogP contribution in [0.1, 0.15) is 6.42 Å². The molecule has 0 bridgehead atoms. The lowest BCUT2D eigenvalue weighted by atomic mass is 10.2. The zero-order valence-corrected chi connectivity index (χ0v) is 14.3. The number of nitrogens with one attached hydrogen (secondary N) is 2. The van der Waals surface area contributed by atoms with Gasteiger partial charge in [-0.2, -0.15) is 0 Å². The molecule has 8 nitrogen and oxygen atoms in total. The molecule has 1 aromatic rings. The fourth-order valence-electron chi connectivity index (χ4n) is 2.75. The van der Waals surface area contributed by atoms with Crippen molar-refractivity contribution in [2.45, 2.75) is 12.5 Å². The van der Waals surface area contributed by atoms with E-state index in [1.807, 2.05) is 4.90 Å². The van der Waals surface area contributed by atoms with E-state index in [2.05, 4.69) is 25.5 Å². The molecule has 0 radical (unpaired) electrons. The van der Waals surface area contributed by atoms with Crippen LogP contribution in [0.25, 0.3) is 0 Å². The van der Waals surface area contributed by atoms with Crippen LogP contribution in [0.5, 0.6) is 0 Å². The molecule has 2 N–H and O–H groups in total. The second kappa shape index (κ2) is 8.29. The molecule has 130 valence electrons. The first-order valence-corrected chi connectivity index (χ1v) is 9.28. The lowest BCUT2D eigenvalue weighted by Crippen LogP contribution is -2.50. The highest BCUT2D eigenvalue weighted by molar-refractivity contribution is 7.99. The van der Waals surface area contributed by atoms with Crippen LogP contribution < -0.4 is 15.5 Å². The van der Waals surface area contributed by atoms with Gasteiger partial charge >= 0.3 is 0 Å². The largest absolute Gasteiger partial charge is 0.354 e.